The third kappa shape index (κ3) is 2.97. The van der Waals surface area contributed by atoms with E-state index in [4.69, 9.17) is 10.2 Å². The number of sulfonamides is 1. The van der Waals surface area contributed by atoms with Gasteiger partial charge in [-0.1, -0.05) is 36.4 Å². The number of rotatable bonds is 4. The van der Waals surface area contributed by atoms with E-state index in [-0.39, 0.29) is 22.9 Å². The first-order valence-corrected chi connectivity index (χ1v) is 8.15. The van der Waals surface area contributed by atoms with Crippen LogP contribution in [0.5, 0.6) is 0 Å². The van der Waals surface area contributed by atoms with Gasteiger partial charge in [0.2, 0.25) is 15.8 Å². The first kappa shape index (κ1) is 15.3. The molecule has 1 heterocycles. The summed E-state index contributed by atoms with van der Waals surface area (Å²) < 4.78 is 23.8. The number of hydrogen-bond acceptors (Lipinski definition) is 6. The fourth-order valence-corrected chi connectivity index (χ4v) is 3.05. The molecule has 0 saturated heterocycles. The van der Waals surface area contributed by atoms with E-state index in [2.05, 4.69) is 20.6 Å². The van der Waals surface area contributed by atoms with Crippen LogP contribution in [-0.4, -0.2) is 34.1 Å². The number of H-pyrrole nitrogens is 1. The molecule has 0 fully saturated rings. The number of aliphatic hydroxyl groups is 1. The zero-order valence-electron chi connectivity index (χ0n) is 11.8. The van der Waals surface area contributed by atoms with Crippen LogP contribution in [0.4, 0.5) is 0 Å². The van der Waals surface area contributed by atoms with Crippen LogP contribution in [0.25, 0.3) is 22.5 Å². The van der Waals surface area contributed by atoms with Gasteiger partial charge in [0.15, 0.2) is 0 Å². The number of tetrazole rings is 1. The van der Waals surface area contributed by atoms with Crippen molar-refractivity contribution in [3.63, 3.8) is 0 Å². The van der Waals surface area contributed by atoms with Crippen molar-refractivity contribution in [3.05, 3.63) is 48.0 Å². The van der Waals surface area contributed by atoms with Crippen LogP contribution in [0.2, 0.25) is 0 Å². The molecule has 0 aliphatic heterocycles. The van der Waals surface area contributed by atoms with Crippen molar-refractivity contribution in [1.29, 1.82) is 0 Å². The Bertz CT molecular complexity index is 922. The van der Waals surface area contributed by atoms with Crippen LogP contribution >= 0.6 is 0 Å². The normalized spacial score (nSPS) is 11.6. The Morgan fingerprint density at radius 3 is 2.43 bits per heavy atom. The fraction of sp³-hybridized carbons (Fsp3) is 0.0714. The van der Waals surface area contributed by atoms with Crippen molar-refractivity contribution in [3.8, 4) is 22.5 Å². The van der Waals surface area contributed by atoms with Crippen molar-refractivity contribution in [2.75, 3.05) is 0 Å². The summed E-state index contributed by atoms with van der Waals surface area (Å²) in [5, 5.41) is 28.0. The molecular formula is C14H13N5O3S. The van der Waals surface area contributed by atoms with Gasteiger partial charge >= 0.3 is 0 Å². The van der Waals surface area contributed by atoms with Gasteiger partial charge in [0, 0.05) is 0 Å². The van der Waals surface area contributed by atoms with E-state index in [1.165, 1.54) is 6.07 Å². The summed E-state index contributed by atoms with van der Waals surface area (Å²) in [6, 6.07) is 11.8. The largest absolute Gasteiger partial charge is 0.392 e. The number of nitrogens with two attached hydrogens (primary N) is 1. The highest BCUT2D eigenvalue weighted by Crippen LogP contribution is 2.34. The summed E-state index contributed by atoms with van der Waals surface area (Å²) in [5.41, 5.74) is 2.37. The lowest BCUT2D eigenvalue weighted by atomic mass is 9.98. The Hall–Kier alpha value is -2.62. The third-order valence-corrected chi connectivity index (χ3v) is 4.30. The second-order valence-corrected chi connectivity index (χ2v) is 6.34. The molecule has 23 heavy (non-hydrogen) atoms. The van der Waals surface area contributed by atoms with E-state index in [9.17, 15) is 8.42 Å². The Kier molecular flexibility index (Phi) is 3.90. The van der Waals surface area contributed by atoms with E-state index >= 15 is 0 Å². The van der Waals surface area contributed by atoms with E-state index in [0.29, 0.717) is 5.56 Å². The minimum atomic E-state index is -3.96. The molecule has 0 unspecified atom stereocenters. The molecule has 0 saturated carbocycles. The van der Waals surface area contributed by atoms with E-state index in [1.807, 2.05) is 0 Å². The molecule has 0 aliphatic rings. The number of benzene rings is 2. The van der Waals surface area contributed by atoms with Gasteiger partial charge in [0.25, 0.3) is 0 Å². The average molecular weight is 331 g/mol. The highest BCUT2D eigenvalue weighted by molar-refractivity contribution is 7.89. The fourth-order valence-electron chi connectivity index (χ4n) is 2.30. The van der Waals surface area contributed by atoms with Gasteiger partial charge in [-0.25, -0.2) is 13.6 Å². The predicted molar refractivity (Wildman–Crippen MR) is 82.3 cm³/mol. The molecule has 0 aliphatic carbocycles. The molecule has 8 nitrogen and oxygen atoms in total. The lowest BCUT2D eigenvalue weighted by molar-refractivity contribution is 0.282. The zero-order valence-corrected chi connectivity index (χ0v) is 12.7. The number of aromatic amines is 1. The van der Waals surface area contributed by atoms with Crippen LogP contribution in [0.3, 0.4) is 0 Å². The maximum absolute atomic E-state index is 11.9. The van der Waals surface area contributed by atoms with Crippen molar-refractivity contribution in [2.24, 2.45) is 5.14 Å². The maximum Gasteiger partial charge on any atom is 0.238 e. The number of primary sulfonamides is 1. The molecule has 0 bridgehead atoms. The van der Waals surface area contributed by atoms with Crippen LogP contribution in [0.1, 0.15) is 5.56 Å². The summed E-state index contributed by atoms with van der Waals surface area (Å²) in [4.78, 5) is -0.0809. The molecule has 0 atom stereocenters. The number of hydrogen-bond donors (Lipinski definition) is 3. The van der Waals surface area contributed by atoms with E-state index in [0.717, 1.165) is 11.1 Å². The van der Waals surface area contributed by atoms with Gasteiger partial charge in [-0.05, 0) is 28.0 Å². The second-order valence-electron chi connectivity index (χ2n) is 4.81. The van der Waals surface area contributed by atoms with Gasteiger partial charge in [-0.2, -0.15) is 5.21 Å². The lowest BCUT2D eigenvalue weighted by Crippen LogP contribution is -2.14. The highest BCUT2D eigenvalue weighted by Gasteiger charge is 2.22. The van der Waals surface area contributed by atoms with Crippen LogP contribution < -0.4 is 5.14 Å². The SMILES string of the molecule is NS(=O)(=O)c1cccc(-c2ccc(CO)cc2)c1-c1nn[nH]n1. The first-order chi connectivity index (χ1) is 11.0. The summed E-state index contributed by atoms with van der Waals surface area (Å²) in [7, 11) is -3.96. The van der Waals surface area contributed by atoms with Gasteiger partial charge < -0.3 is 5.11 Å². The standard InChI is InChI=1S/C14H13N5O3S/c15-23(21,22)12-3-1-2-11(13(12)14-16-18-19-17-14)10-6-4-9(8-20)5-7-10/h1-7,20H,8H2,(H2,15,21,22)(H,16,17,18,19). The Labute approximate surface area is 132 Å². The molecule has 0 amide bonds. The summed E-state index contributed by atoms with van der Waals surface area (Å²) in [6.45, 7) is -0.0742. The maximum atomic E-state index is 11.9. The number of aliphatic hydroxyl groups excluding tert-OH is 1. The summed E-state index contributed by atoms with van der Waals surface area (Å²) in [6.07, 6.45) is 0. The van der Waals surface area contributed by atoms with Crippen molar-refractivity contribution in [2.45, 2.75) is 11.5 Å². The number of aromatic nitrogens is 4. The van der Waals surface area contributed by atoms with Gasteiger partial charge in [-0.15, -0.1) is 10.2 Å². The topological polar surface area (TPSA) is 135 Å². The van der Waals surface area contributed by atoms with Gasteiger partial charge in [-0.3, -0.25) is 0 Å². The molecule has 118 valence electrons. The monoisotopic (exact) mass is 331 g/mol. The second kappa shape index (κ2) is 5.88. The summed E-state index contributed by atoms with van der Waals surface area (Å²) >= 11 is 0. The molecule has 4 N–H and O–H groups in total. The summed E-state index contributed by atoms with van der Waals surface area (Å²) in [5.74, 6) is 0.135. The number of nitrogens with zero attached hydrogens (tertiary/aromatic N) is 3. The van der Waals surface area contributed by atoms with E-state index in [1.54, 1.807) is 36.4 Å². The minimum Gasteiger partial charge on any atom is -0.392 e. The molecule has 0 radical (unpaired) electrons. The quantitative estimate of drug-likeness (QED) is 0.643. The average Bonchev–Trinajstić information content (AvgIpc) is 3.07. The Morgan fingerprint density at radius 1 is 1.13 bits per heavy atom. The smallest absolute Gasteiger partial charge is 0.238 e. The molecular weight excluding hydrogens is 318 g/mol. The van der Waals surface area contributed by atoms with Crippen molar-refractivity contribution in [1.82, 2.24) is 20.6 Å². The molecule has 1 aromatic heterocycles. The predicted octanol–water partition coefficient (Wildman–Crippen LogP) is 0.673. The molecule has 0 spiro atoms. The van der Waals surface area contributed by atoms with E-state index < -0.39 is 10.0 Å². The zero-order chi connectivity index (χ0) is 16.4. The molecule has 3 rings (SSSR count). The van der Waals surface area contributed by atoms with Crippen LogP contribution in [0.15, 0.2) is 47.4 Å². The molecule has 2 aromatic carbocycles. The lowest BCUT2D eigenvalue weighted by Gasteiger charge is -2.11. The van der Waals surface area contributed by atoms with Crippen molar-refractivity contribution >= 4 is 10.0 Å². The number of nitrogens with one attached hydrogen (secondary N) is 1. The molecule has 3 aromatic rings. The third-order valence-electron chi connectivity index (χ3n) is 3.35. The first-order valence-electron chi connectivity index (χ1n) is 6.60. The highest BCUT2D eigenvalue weighted by atomic mass is 32.2. The Balaban J connectivity index is 2.28. The molecule has 9 heteroatoms. The minimum absolute atomic E-state index is 0.0742. The van der Waals surface area contributed by atoms with Gasteiger partial charge in [0.05, 0.1) is 17.1 Å². The van der Waals surface area contributed by atoms with Gasteiger partial charge in [0.1, 0.15) is 0 Å². The van der Waals surface area contributed by atoms with Crippen LogP contribution in [0, 0.1) is 0 Å². The Morgan fingerprint density at radius 2 is 1.87 bits per heavy atom. The van der Waals surface area contributed by atoms with Crippen LogP contribution in [-0.2, 0) is 16.6 Å². The van der Waals surface area contributed by atoms with Crippen molar-refractivity contribution < 1.29 is 13.5 Å².